The molecule has 6 heteroatoms. The van der Waals surface area contributed by atoms with E-state index in [1.165, 1.54) is 0 Å². The van der Waals surface area contributed by atoms with Crippen molar-refractivity contribution in [2.75, 3.05) is 44.7 Å². The highest BCUT2D eigenvalue weighted by molar-refractivity contribution is 6.09. The van der Waals surface area contributed by atoms with E-state index < -0.39 is 0 Å². The number of rotatable bonds is 8. The number of hydrogen-bond donors (Lipinski definition) is 2. The van der Waals surface area contributed by atoms with Gasteiger partial charge in [0.05, 0.1) is 24.5 Å². The van der Waals surface area contributed by atoms with Crippen LogP contribution in [0.4, 0.5) is 5.69 Å². The second kappa shape index (κ2) is 11.1. The molecule has 2 N–H and O–H groups in total. The predicted molar refractivity (Wildman–Crippen MR) is 108 cm³/mol. The van der Waals surface area contributed by atoms with Crippen molar-refractivity contribution in [3.05, 3.63) is 66.3 Å². The lowest BCUT2D eigenvalue weighted by Gasteiger charge is -2.26. The van der Waals surface area contributed by atoms with Crippen molar-refractivity contribution in [1.29, 1.82) is 0 Å². The lowest BCUT2D eigenvalue weighted by Crippen LogP contribution is -2.41. The Bertz CT molecular complexity index is 719. The number of morpholine rings is 1. The van der Waals surface area contributed by atoms with E-state index in [9.17, 15) is 9.59 Å². The number of anilines is 1. The maximum absolute atomic E-state index is 12.6. The molecule has 1 aromatic carbocycles. The predicted octanol–water partition coefficient (Wildman–Crippen LogP) is 2.38. The third kappa shape index (κ3) is 6.51. The largest absolute Gasteiger partial charge is 0.379 e. The third-order valence-electron chi connectivity index (χ3n) is 4.22. The first-order chi connectivity index (χ1) is 13.2. The molecule has 0 spiro atoms. The summed E-state index contributed by atoms with van der Waals surface area (Å²) in [5, 5.41) is 5.73. The third-order valence-corrected chi connectivity index (χ3v) is 4.22. The Labute approximate surface area is 160 Å². The summed E-state index contributed by atoms with van der Waals surface area (Å²) in [5.41, 5.74) is 1.42. The van der Waals surface area contributed by atoms with Gasteiger partial charge in [-0.15, -0.1) is 0 Å². The number of nitrogens with one attached hydrogen (secondary N) is 2. The van der Waals surface area contributed by atoms with Crippen LogP contribution in [0, 0.1) is 0 Å². The van der Waals surface area contributed by atoms with E-state index in [0.29, 0.717) is 23.4 Å². The molecule has 1 aromatic rings. The minimum Gasteiger partial charge on any atom is -0.379 e. The van der Waals surface area contributed by atoms with Crippen LogP contribution in [-0.4, -0.2) is 56.1 Å². The molecule has 144 valence electrons. The second-order valence-corrected chi connectivity index (χ2v) is 6.05. The number of carbonyl (C=O) groups excluding carboxylic acids is 2. The van der Waals surface area contributed by atoms with Gasteiger partial charge in [-0.05, 0) is 25.1 Å². The number of allylic oxidation sites excluding steroid dienone is 3. The first-order valence-corrected chi connectivity index (χ1v) is 9.09. The zero-order chi connectivity index (χ0) is 19.5. The fourth-order valence-corrected chi connectivity index (χ4v) is 2.71. The van der Waals surface area contributed by atoms with Crippen molar-refractivity contribution < 1.29 is 14.3 Å². The van der Waals surface area contributed by atoms with Crippen LogP contribution in [0.5, 0.6) is 0 Å². The van der Waals surface area contributed by atoms with Crippen LogP contribution < -0.4 is 10.6 Å². The Hall–Kier alpha value is -2.70. The molecule has 27 heavy (non-hydrogen) atoms. The minimum atomic E-state index is -0.274. The van der Waals surface area contributed by atoms with Crippen LogP contribution in [0.3, 0.4) is 0 Å². The van der Waals surface area contributed by atoms with Crippen molar-refractivity contribution in [2.24, 2.45) is 0 Å². The molecule has 1 aliphatic rings. The van der Waals surface area contributed by atoms with Gasteiger partial charge in [-0.2, -0.15) is 0 Å². The van der Waals surface area contributed by atoms with Gasteiger partial charge in [0, 0.05) is 31.8 Å². The fourth-order valence-electron chi connectivity index (χ4n) is 2.71. The second-order valence-electron chi connectivity index (χ2n) is 6.05. The van der Waals surface area contributed by atoms with Crippen LogP contribution in [0.1, 0.15) is 17.3 Å². The normalized spacial score (nSPS) is 15.5. The van der Waals surface area contributed by atoms with E-state index >= 15 is 0 Å². The fraction of sp³-hybridized carbons (Fsp3) is 0.333. The van der Waals surface area contributed by atoms with Crippen molar-refractivity contribution in [1.82, 2.24) is 10.2 Å². The summed E-state index contributed by atoms with van der Waals surface area (Å²) in [5.74, 6) is -0.480. The molecule has 1 heterocycles. The Balaban J connectivity index is 1.97. The van der Waals surface area contributed by atoms with E-state index in [1.54, 1.807) is 55.5 Å². The summed E-state index contributed by atoms with van der Waals surface area (Å²) >= 11 is 0. The molecule has 0 aliphatic carbocycles. The molecule has 1 saturated heterocycles. The molecule has 1 aliphatic heterocycles. The molecular weight excluding hydrogens is 342 g/mol. The summed E-state index contributed by atoms with van der Waals surface area (Å²) in [7, 11) is 0. The smallest absolute Gasteiger partial charge is 0.255 e. The first-order valence-electron chi connectivity index (χ1n) is 9.09. The van der Waals surface area contributed by atoms with Crippen molar-refractivity contribution in [3.8, 4) is 0 Å². The average Bonchev–Trinajstić information content (AvgIpc) is 2.69. The summed E-state index contributed by atoms with van der Waals surface area (Å²) in [6.07, 6.45) is 6.68. The van der Waals surface area contributed by atoms with Gasteiger partial charge in [0.1, 0.15) is 0 Å². The van der Waals surface area contributed by atoms with Gasteiger partial charge in [-0.25, -0.2) is 0 Å². The van der Waals surface area contributed by atoms with Gasteiger partial charge in [0.15, 0.2) is 0 Å². The monoisotopic (exact) mass is 369 g/mol. The lowest BCUT2D eigenvalue weighted by atomic mass is 10.1. The molecule has 0 aromatic heterocycles. The number of nitrogens with zero attached hydrogens (tertiary/aromatic N) is 1. The maximum Gasteiger partial charge on any atom is 0.255 e. The average molecular weight is 369 g/mol. The number of para-hydroxylation sites is 1. The summed E-state index contributed by atoms with van der Waals surface area (Å²) in [6, 6.07) is 6.99. The molecule has 2 amide bonds. The number of amides is 2. The molecule has 0 atom stereocenters. The summed E-state index contributed by atoms with van der Waals surface area (Å²) < 4.78 is 5.32. The van der Waals surface area contributed by atoms with E-state index in [0.717, 1.165) is 32.8 Å². The molecule has 0 unspecified atom stereocenters. The van der Waals surface area contributed by atoms with Crippen LogP contribution in [0.2, 0.25) is 0 Å². The summed E-state index contributed by atoms with van der Waals surface area (Å²) in [4.78, 5) is 27.2. The van der Waals surface area contributed by atoms with Gasteiger partial charge in [-0.3, -0.25) is 14.5 Å². The Morgan fingerprint density at radius 1 is 1.26 bits per heavy atom. The highest BCUT2D eigenvalue weighted by atomic mass is 16.5. The van der Waals surface area contributed by atoms with Crippen molar-refractivity contribution in [2.45, 2.75) is 6.92 Å². The van der Waals surface area contributed by atoms with Crippen LogP contribution >= 0.6 is 0 Å². The number of carbonyl (C=O) groups is 2. The van der Waals surface area contributed by atoms with Crippen LogP contribution in [-0.2, 0) is 9.53 Å². The molecule has 2 rings (SSSR count). The molecule has 0 bridgehead atoms. The Morgan fingerprint density at radius 3 is 2.70 bits per heavy atom. The standard InChI is InChI=1S/C21H27N3O3/c1-3-5-8-17(4-2)20(25)23-19-10-7-6-9-18(19)21(26)22-11-12-24-13-15-27-16-14-24/h3-10H,1,11-16H2,2H3,(H,22,26)(H,23,25)/b8-5-,17-4+. The van der Waals surface area contributed by atoms with E-state index in [1.807, 2.05) is 0 Å². The molecule has 0 radical (unpaired) electrons. The molecule has 1 fully saturated rings. The molecule has 0 saturated carbocycles. The van der Waals surface area contributed by atoms with Gasteiger partial charge in [-0.1, -0.05) is 36.9 Å². The highest BCUT2D eigenvalue weighted by Gasteiger charge is 2.15. The maximum atomic E-state index is 12.6. The number of ether oxygens (including phenoxy) is 1. The van der Waals surface area contributed by atoms with Gasteiger partial charge in [0.2, 0.25) is 0 Å². The Kier molecular flexibility index (Phi) is 8.48. The lowest BCUT2D eigenvalue weighted by molar-refractivity contribution is -0.112. The van der Waals surface area contributed by atoms with Gasteiger partial charge < -0.3 is 15.4 Å². The highest BCUT2D eigenvalue weighted by Crippen LogP contribution is 2.16. The summed E-state index contributed by atoms with van der Waals surface area (Å²) in [6.45, 7) is 9.94. The topological polar surface area (TPSA) is 70.7 Å². The van der Waals surface area contributed by atoms with Gasteiger partial charge >= 0.3 is 0 Å². The first kappa shape index (κ1) is 20.6. The van der Waals surface area contributed by atoms with Crippen LogP contribution in [0.25, 0.3) is 0 Å². The number of benzene rings is 1. The quantitative estimate of drug-likeness (QED) is 0.545. The van der Waals surface area contributed by atoms with Gasteiger partial charge in [0.25, 0.3) is 11.8 Å². The van der Waals surface area contributed by atoms with E-state index in [4.69, 9.17) is 4.74 Å². The zero-order valence-electron chi connectivity index (χ0n) is 15.7. The van der Waals surface area contributed by atoms with E-state index in [-0.39, 0.29) is 11.8 Å². The zero-order valence-corrected chi connectivity index (χ0v) is 15.7. The minimum absolute atomic E-state index is 0.206. The molecular formula is C21H27N3O3. The van der Waals surface area contributed by atoms with Crippen molar-refractivity contribution >= 4 is 17.5 Å². The Morgan fingerprint density at radius 2 is 2.00 bits per heavy atom. The number of hydrogen-bond acceptors (Lipinski definition) is 4. The van der Waals surface area contributed by atoms with E-state index in [2.05, 4.69) is 22.1 Å². The van der Waals surface area contributed by atoms with Crippen molar-refractivity contribution in [3.63, 3.8) is 0 Å². The van der Waals surface area contributed by atoms with Crippen LogP contribution in [0.15, 0.2) is 60.7 Å². The SMILES string of the molecule is C=C/C=C\C(=C/C)C(=O)Nc1ccccc1C(=O)NCCN1CCOCC1. The molecule has 6 nitrogen and oxygen atoms in total.